The topological polar surface area (TPSA) is 208 Å². The fourth-order valence-electron chi connectivity index (χ4n) is 4.39. The minimum Gasteiger partial charge on any atom is -0.491 e. The van der Waals surface area contributed by atoms with Gasteiger partial charge in [0.25, 0.3) is 5.56 Å². The van der Waals surface area contributed by atoms with E-state index >= 15 is 0 Å². The summed E-state index contributed by atoms with van der Waals surface area (Å²) >= 11 is 0. The van der Waals surface area contributed by atoms with Crippen LogP contribution in [0.2, 0.25) is 0 Å². The van der Waals surface area contributed by atoms with Gasteiger partial charge in [0.05, 0.1) is 36.0 Å². The fourth-order valence-corrected chi connectivity index (χ4v) is 4.97. The lowest BCUT2D eigenvalue weighted by Gasteiger charge is -2.25. The minimum atomic E-state index is -5.06. The predicted molar refractivity (Wildman–Crippen MR) is 145 cm³/mol. The average Bonchev–Trinajstić information content (AvgIpc) is 3.31. The molecule has 0 bridgehead atoms. The Bertz CT molecular complexity index is 1610. The monoisotopic (exact) mass is 599 g/mol. The summed E-state index contributed by atoms with van der Waals surface area (Å²) in [6.07, 6.45) is -0.878. The van der Waals surface area contributed by atoms with Gasteiger partial charge >= 0.3 is 13.5 Å². The highest BCUT2D eigenvalue weighted by Gasteiger charge is 2.50. The van der Waals surface area contributed by atoms with E-state index < -0.39 is 50.2 Å². The molecule has 5 heterocycles. The first-order chi connectivity index (χ1) is 20.2. The summed E-state index contributed by atoms with van der Waals surface area (Å²) in [5.41, 5.74) is 0.790. The van der Waals surface area contributed by atoms with Crippen LogP contribution in [0.1, 0.15) is 6.23 Å². The quantitative estimate of drug-likeness (QED) is 0.140. The number of nitrogens with zero attached hydrogens (tertiary/aromatic N) is 4. The van der Waals surface area contributed by atoms with Gasteiger partial charge in [0.2, 0.25) is 0 Å². The second-order valence-electron chi connectivity index (χ2n) is 9.01. The largest absolute Gasteiger partial charge is 0.491 e. The van der Waals surface area contributed by atoms with Crippen molar-refractivity contribution in [3.63, 3.8) is 0 Å². The molecule has 0 amide bonds. The SMILES string of the molecule is O=c1ccn([C@@H]2O[C@H](CO)[C@@H](OP(=O)(O)O)[C@H]2OCCOc2cc(-c3ccccn3)nc(-c3ccccn3)c2)c(=O)[nH]1. The van der Waals surface area contributed by atoms with E-state index in [9.17, 15) is 29.0 Å². The maximum atomic E-state index is 12.4. The molecule has 1 fully saturated rings. The van der Waals surface area contributed by atoms with Crippen LogP contribution < -0.4 is 16.0 Å². The molecule has 4 aromatic rings. The van der Waals surface area contributed by atoms with Gasteiger partial charge in [0.15, 0.2) is 6.23 Å². The second kappa shape index (κ2) is 12.8. The maximum absolute atomic E-state index is 12.4. The van der Waals surface area contributed by atoms with Crippen molar-refractivity contribution in [2.45, 2.75) is 24.5 Å². The van der Waals surface area contributed by atoms with Gasteiger partial charge in [-0.25, -0.2) is 14.3 Å². The number of nitrogens with one attached hydrogen (secondary N) is 1. The van der Waals surface area contributed by atoms with Gasteiger partial charge < -0.3 is 29.1 Å². The summed E-state index contributed by atoms with van der Waals surface area (Å²) in [6, 6.07) is 15.3. The van der Waals surface area contributed by atoms with Gasteiger partial charge in [-0.3, -0.25) is 28.8 Å². The number of rotatable bonds is 11. The molecule has 42 heavy (non-hydrogen) atoms. The Morgan fingerprint density at radius 1 is 0.929 bits per heavy atom. The molecule has 0 radical (unpaired) electrons. The first-order valence-corrected chi connectivity index (χ1v) is 14.2. The van der Waals surface area contributed by atoms with E-state index in [0.29, 0.717) is 28.5 Å². The zero-order valence-electron chi connectivity index (χ0n) is 21.8. The summed E-state index contributed by atoms with van der Waals surface area (Å²) in [5.74, 6) is 0.419. The molecule has 0 unspecified atom stereocenters. The van der Waals surface area contributed by atoms with Crippen LogP contribution in [0.5, 0.6) is 5.75 Å². The van der Waals surface area contributed by atoms with Crippen molar-refractivity contribution in [3.8, 4) is 28.5 Å². The first-order valence-electron chi connectivity index (χ1n) is 12.6. The average molecular weight is 599 g/mol. The van der Waals surface area contributed by atoms with Crippen LogP contribution in [0.15, 0.2) is 82.8 Å². The normalized spacial score (nSPS) is 20.5. The van der Waals surface area contributed by atoms with Gasteiger partial charge in [0.1, 0.15) is 30.7 Å². The molecule has 0 aromatic carbocycles. The van der Waals surface area contributed by atoms with Crippen molar-refractivity contribution in [2.24, 2.45) is 0 Å². The number of phosphoric acid groups is 1. The van der Waals surface area contributed by atoms with Crippen molar-refractivity contribution in [1.29, 1.82) is 0 Å². The van der Waals surface area contributed by atoms with Gasteiger partial charge in [0, 0.05) is 36.8 Å². The summed E-state index contributed by atoms with van der Waals surface area (Å²) in [7, 11) is -5.06. The molecule has 5 rings (SSSR count). The van der Waals surface area contributed by atoms with Crippen molar-refractivity contribution >= 4 is 7.82 Å². The molecule has 4 aromatic heterocycles. The summed E-state index contributed by atoms with van der Waals surface area (Å²) in [5, 5.41) is 9.79. The van der Waals surface area contributed by atoms with E-state index in [1.807, 2.05) is 12.1 Å². The van der Waals surface area contributed by atoms with E-state index in [1.54, 1.807) is 48.8 Å². The molecule has 1 aliphatic rings. The number of hydrogen-bond donors (Lipinski definition) is 4. The van der Waals surface area contributed by atoms with Crippen LogP contribution in [0.25, 0.3) is 22.8 Å². The first kappa shape index (κ1) is 29.4. The van der Waals surface area contributed by atoms with E-state index in [-0.39, 0.29) is 13.2 Å². The highest BCUT2D eigenvalue weighted by Crippen LogP contribution is 2.44. The number of ether oxygens (including phenoxy) is 3. The minimum absolute atomic E-state index is 0.0521. The number of pyridine rings is 3. The molecular formula is C26H26N5O10P. The van der Waals surface area contributed by atoms with Crippen LogP contribution in [0.4, 0.5) is 0 Å². The van der Waals surface area contributed by atoms with E-state index in [2.05, 4.69) is 19.9 Å². The standard InChI is InChI=1S/C26H26N5O10P/c32-15-21-23(41-42(35,36)37)24(25(40-21)31-10-7-22(33)30-26(31)34)39-12-11-38-16-13-19(17-5-1-3-8-27-17)29-20(14-16)18-6-2-4-9-28-18/h1-10,13-14,21,23-25,32H,11-12,15H2,(H,30,33,34)(H2,35,36,37)/t21-,23-,24-,25-/m1/s1. The Kier molecular flexibility index (Phi) is 8.99. The number of aromatic amines is 1. The highest BCUT2D eigenvalue weighted by molar-refractivity contribution is 7.46. The lowest BCUT2D eigenvalue weighted by Crippen LogP contribution is -2.40. The summed E-state index contributed by atoms with van der Waals surface area (Å²) in [4.78, 5) is 58.3. The van der Waals surface area contributed by atoms with Crippen molar-refractivity contribution in [2.75, 3.05) is 19.8 Å². The highest BCUT2D eigenvalue weighted by atomic mass is 31.2. The summed E-state index contributed by atoms with van der Waals surface area (Å²) in [6.45, 7) is -0.898. The van der Waals surface area contributed by atoms with Gasteiger partial charge in [-0.15, -0.1) is 0 Å². The lowest BCUT2D eigenvalue weighted by molar-refractivity contribution is -0.0781. The van der Waals surface area contributed by atoms with Crippen molar-refractivity contribution < 1.29 is 38.2 Å². The van der Waals surface area contributed by atoms with Gasteiger partial charge in [-0.05, 0) is 24.3 Å². The van der Waals surface area contributed by atoms with E-state index in [1.165, 1.54) is 0 Å². The van der Waals surface area contributed by atoms with Crippen LogP contribution >= 0.6 is 7.82 Å². The molecule has 4 N–H and O–H groups in total. The molecule has 4 atom stereocenters. The zero-order valence-corrected chi connectivity index (χ0v) is 22.7. The van der Waals surface area contributed by atoms with Gasteiger partial charge in [-0.2, -0.15) is 0 Å². The Morgan fingerprint density at radius 3 is 2.14 bits per heavy atom. The van der Waals surface area contributed by atoms with Crippen LogP contribution in [-0.2, 0) is 18.6 Å². The molecule has 0 saturated carbocycles. The number of hydrogen-bond acceptors (Lipinski definition) is 11. The summed E-state index contributed by atoms with van der Waals surface area (Å²) < 4.78 is 35.0. The molecule has 15 nitrogen and oxygen atoms in total. The third kappa shape index (κ3) is 7.03. The van der Waals surface area contributed by atoms with Crippen molar-refractivity contribution in [1.82, 2.24) is 24.5 Å². The Balaban J connectivity index is 1.36. The Labute approximate surface area is 237 Å². The van der Waals surface area contributed by atoms with Crippen LogP contribution in [-0.4, -0.2) is 77.5 Å². The number of phosphoric ester groups is 1. The van der Waals surface area contributed by atoms with E-state index in [4.69, 9.17) is 18.7 Å². The van der Waals surface area contributed by atoms with E-state index in [0.717, 1.165) is 16.8 Å². The smallest absolute Gasteiger partial charge is 0.470 e. The molecule has 0 aliphatic carbocycles. The predicted octanol–water partition coefficient (Wildman–Crippen LogP) is 0.887. The number of H-pyrrole nitrogens is 1. The molecule has 0 spiro atoms. The number of aromatic nitrogens is 5. The molecule has 220 valence electrons. The lowest BCUT2D eigenvalue weighted by atomic mass is 10.1. The van der Waals surface area contributed by atoms with Crippen molar-refractivity contribution in [3.05, 3.63) is 94.0 Å². The third-order valence-electron chi connectivity index (χ3n) is 6.17. The molecular weight excluding hydrogens is 573 g/mol. The third-order valence-corrected chi connectivity index (χ3v) is 6.68. The number of aliphatic hydroxyl groups is 1. The molecule has 16 heteroatoms. The molecule has 1 saturated heterocycles. The number of aliphatic hydroxyl groups excluding tert-OH is 1. The van der Waals surface area contributed by atoms with Crippen LogP contribution in [0, 0.1) is 0 Å². The maximum Gasteiger partial charge on any atom is 0.470 e. The fraction of sp³-hybridized carbons (Fsp3) is 0.269. The Morgan fingerprint density at radius 2 is 1.60 bits per heavy atom. The molecule has 1 aliphatic heterocycles. The van der Waals surface area contributed by atoms with Crippen LogP contribution in [0.3, 0.4) is 0 Å². The second-order valence-corrected chi connectivity index (χ2v) is 10.2. The Hall–Kier alpha value is -4.08. The van der Waals surface area contributed by atoms with Gasteiger partial charge in [-0.1, -0.05) is 12.1 Å². The zero-order chi connectivity index (χ0) is 29.7.